The molecule has 1 aliphatic rings. The summed E-state index contributed by atoms with van der Waals surface area (Å²) >= 11 is 0. The van der Waals surface area contributed by atoms with Crippen molar-refractivity contribution in [2.24, 2.45) is 5.92 Å². The number of benzene rings is 1. The van der Waals surface area contributed by atoms with Crippen LogP contribution in [0.5, 0.6) is 0 Å². The van der Waals surface area contributed by atoms with Crippen LogP contribution in [-0.2, 0) is 18.7 Å². The molecule has 2 atom stereocenters. The van der Waals surface area contributed by atoms with Crippen molar-refractivity contribution in [3.05, 3.63) is 47.7 Å². The van der Waals surface area contributed by atoms with Gasteiger partial charge in [0.05, 0.1) is 12.2 Å². The zero-order chi connectivity index (χ0) is 17.3. The standard InChI is InChI=1S/C18H26O4Si/c1-13(15-12-16(19)21-18(2,3)20-15)17(22-23(4,5)6)14-10-8-7-9-11-14/h7-13,17H,1-6H3/t13-,17+/m1/s1. The number of esters is 1. The third-order valence-electron chi connectivity index (χ3n) is 3.48. The van der Waals surface area contributed by atoms with Crippen molar-refractivity contribution < 1.29 is 18.7 Å². The number of carbonyl (C=O) groups is 1. The molecule has 0 spiro atoms. The van der Waals surface area contributed by atoms with Gasteiger partial charge in [0.1, 0.15) is 5.76 Å². The first-order valence-electron chi connectivity index (χ1n) is 7.94. The molecule has 0 amide bonds. The van der Waals surface area contributed by atoms with Gasteiger partial charge in [-0.2, -0.15) is 0 Å². The zero-order valence-corrected chi connectivity index (χ0v) is 15.8. The molecule has 0 saturated heterocycles. The van der Waals surface area contributed by atoms with Gasteiger partial charge in [0.15, 0.2) is 8.32 Å². The Morgan fingerprint density at radius 2 is 1.70 bits per heavy atom. The van der Waals surface area contributed by atoms with Crippen LogP contribution in [0.1, 0.15) is 32.4 Å². The molecule has 0 unspecified atom stereocenters. The minimum Gasteiger partial charge on any atom is -0.456 e. The van der Waals surface area contributed by atoms with Gasteiger partial charge in [0.2, 0.25) is 5.79 Å². The highest BCUT2D eigenvalue weighted by Gasteiger charge is 2.36. The molecule has 126 valence electrons. The summed E-state index contributed by atoms with van der Waals surface area (Å²) in [6.07, 6.45) is 1.27. The summed E-state index contributed by atoms with van der Waals surface area (Å²) in [7, 11) is -1.78. The number of rotatable bonds is 5. The van der Waals surface area contributed by atoms with E-state index in [0.717, 1.165) is 5.56 Å². The van der Waals surface area contributed by atoms with E-state index in [9.17, 15) is 4.79 Å². The van der Waals surface area contributed by atoms with Crippen molar-refractivity contribution in [2.45, 2.75) is 52.3 Å². The minimum absolute atomic E-state index is 0.0868. The zero-order valence-electron chi connectivity index (χ0n) is 14.8. The predicted molar refractivity (Wildman–Crippen MR) is 92.1 cm³/mol. The lowest BCUT2D eigenvalue weighted by molar-refractivity contribution is -0.209. The van der Waals surface area contributed by atoms with E-state index < -0.39 is 14.1 Å². The summed E-state index contributed by atoms with van der Waals surface area (Å²) in [5.74, 6) is -0.798. The highest BCUT2D eigenvalue weighted by atomic mass is 28.4. The molecule has 4 nitrogen and oxygen atoms in total. The lowest BCUT2D eigenvalue weighted by Crippen LogP contribution is -2.38. The lowest BCUT2D eigenvalue weighted by atomic mass is 9.95. The average Bonchev–Trinajstić information content (AvgIpc) is 2.42. The molecule has 1 aromatic rings. The summed E-state index contributed by atoms with van der Waals surface area (Å²) in [6.45, 7) is 12.0. The van der Waals surface area contributed by atoms with E-state index in [-0.39, 0.29) is 18.0 Å². The molecule has 0 bridgehead atoms. The van der Waals surface area contributed by atoms with Gasteiger partial charge in [-0.1, -0.05) is 37.3 Å². The number of hydrogen-bond acceptors (Lipinski definition) is 4. The molecule has 0 aliphatic carbocycles. The molecule has 0 saturated carbocycles. The molecule has 1 heterocycles. The Kier molecular flexibility index (Phi) is 5.01. The van der Waals surface area contributed by atoms with Crippen LogP contribution in [0.25, 0.3) is 0 Å². The van der Waals surface area contributed by atoms with Crippen LogP contribution in [0, 0.1) is 5.92 Å². The van der Waals surface area contributed by atoms with E-state index in [1.54, 1.807) is 13.8 Å². The average molecular weight is 334 g/mol. The monoisotopic (exact) mass is 334 g/mol. The molecule has 1 aromatic carbocycles. The van der Waals surface area contributed by atoms with Crippen molar-refractivity contribution >= 4 is 14.3 Å². The van der Waals surface area contributed by atoms with Gasteiger partial charge in [0, 0.05) is 19.8 Å². The second kappa shape index (κ2) is 6.49. The summed E-state index contributed by atoms with van der Waals surface area (Å²) in [5, 5.41) is 0. The van der Waals surface area contributed by atoms with E-state index in [1.807, 2.05) is 37.3 Å². The van der Waals surface area contributed by atoms with Gasteiger partial charge in [-0.05, 0) is 25.2 Å². The number of carbonyl (C=O) groups excluding carboxylic acids is 1. The quantitative estimate of drug-likeness (QED) is 0.591. The number of hydrogen-bond donors (Lipinski definition) is 0. The Bertz CT molecular complexity index is 587. The predicted octanol–water partition coefficient (Wildman–Crippen LogP) is 4.41. The first kappa shape index (κ1) is 17.8. The van der Waals surface area contributed by atoms with Crippen molar-refractivity contribution in [1.29, 1.82) is 0 Å². The maximum atomic E-state index is 11.8. The molecule has 0 fully saturated rings. The van der Waals surface area contributed by atoms with Crippen LogP contribution < -0.4 is 0 Å². The molecule has 1 aliphatic heterocycles. The van der Waals surface area contributed by atoms with Gasteiger partial charge in [-0.15, -0.1) is 0 Å². The van der Waals surface area contributed by atoms with Crippen molar-refractivity contribution in [2.75, 3.05) is 0 Å². The Balaban J connectivity index is 2.33. The third kappa shape index (κ3) is 4.94. The fourth-order valence-electron chi connectivity index (χ4n) is 2.58. The molecular formula is C18H26O4Si. The molecular weight excluding hydrogens is 308 g/mol. The van der Waals surface area contributed by atoms with Gasteiger partial charge < -0.3 is 13.9 Å². The Labute approximate surface area is 139 Å². The number of ether oxygens (including phenoxy) is 2. The fraction of sp³-hybridized carbons (Fsp3) is 0.500. The first-order valence-corrected chi connectivity index (χ1v) is 11.3. The number of cyclic esters (lactones) is 1. The normalized spacial score (nSPS) is 20.1. The van der Waals surface area contributed by atoms with E-state index in [1.165, 1.54) is 6.08 Å². The van der Waals surface area contributed by atoms with Crippen molar-refractivity contribution in [3.8, 4) is 0 Å². The SMILES string of the molecule is C[C@H](C1=CC(=O)OC(C)(C)O1)[C@H](O[Si](C)(C)C)c1ccccc1. The van der Waals surface area contributed by atoms with Crippen LogP contribution >= 0.6 is 0 Å². The van der Waals surface area contributed by atoms with Crippen LogP contribution in [0.3, 0.4) is 0 Å². The van der Waals surface area contributed by atoms with Crippen molar-refractivity contribution in [1.82, 2.24) is 0 Å². The van der Waals surface area contributed by atoms with Crippen LogP contribution in [0.15, 0.2) is 42.2 Å². The minimum atomic E-state index is -1.78. The summed E-state index contributed by atoms with van der Waals surface area (Å²) < 4.78 is 17.5. The van der Waals surface area contributed by atoms with Gasteiger partial charge in [0.25, 0.3) is 0 Å². The summed E-state index contributed by atoms with van der Waals surface area (Å²) in [6, 6.07) is 10.1. The molecule has 0 N–H and O–H groups in total. The van der Waals surface area contributed by atoms with Crippen molar-refractivity contribution in [3.63, 3.8) is 0 Å². The lowest BCUT2D eigenvalue weighted by Gasteiger charge is -2.37. The fourth-order valence-corrected chi connectivity index (χ4v) is 3.68. The van der Waals surface area contributed by atoms with Crippen LogP contribution in [0.4, 0.5) is 0 Å². The van der Waals surface area contributed by atoms with Gasteiger partial charge in [-0.3, -0.25) is 0 Å². The largest absolute Gasteiger partial charge is 0.456 e. The molecule has 0 aromatic heterocycles. The Morgan fingerprint density at radius 1 is 1.09 bits per heavy atom. The Morgan fingerprint density at radius 3 is 2.22 bits per heavy atom. The van der Waals surface area contributed by atoms with E-state index in [0.29, 0.717) is 5.76 Å². The highest BCUT2D eigenvalue weighted by molar-refractivity contribution is 6.69. The topological polar surface area (TPSA) is 44.8 Å². The summed E-state index contributed by atoms with van der Waals surface area (Å²) in [4.78, 5) is 11.8. The first-order chi connectivity index (χ1) is 10.6. The molecule has 2 rings (SSSR count). The Hall–Kier alpha value is -1.59. The highest BCUT2D eigenvalue weighted by Crippen LogP contribution is 2.37. The second-order valence-electron chi connectivity index (χ2n) is 7.32. The van der Waals surface area contributed by atoms with Gasteiger partial charge in [-0.25, -0.2) is 4.79 Å². The smallest absolute Gasteiger partial charge is 0.337 e. The van der Waals surface area contributed by atoms with Gasteiger partial charge >= 0.3 is 5.97 Å². The van der Waals surface area contributed by atoms with E-state index in [2.05, 4.69) is 19.6 Å². The van der Waals surface area contributed by atoms with E-state index >= 15 is 0 Å². The maximum absolute atomic E-state index is 11.8. The molecule has 23 heavy (non-hydrogen) atoms. The third-order valence-corrected chi connectivity index (χ3v) is 4.44. The van der Waals surface area contributed by atoms with Crippen LogP contribution in [0.2, 0.25) is 19.6 Å². The maximum Gasteiger partial charge on any atom is 0.337 e. The van der Waals surface area contributed by atoms with Crippen LogP contribution in [-0.4, -0.2) is 20.1 Å². The second-order valence-corrected chi connectivity index (χ2v) is 11.8. The molecule has 0 radical (unpaired) electrons. The molecule has 5 heteroatoms. The summed E-state index contributed by atoms with van der Waals surface area (Å²) in [5.41, 5.74) is 1.09. The van der Waals surface area contributed by atoms with E-state index in [4.69, 9.17) is 13.9 Å².